The summed E-state index contributed by atoms with van der Waals surface area (Å²) in [5.74, 6) is -0.582. The molecule has 0 aliphatic rings. The van der Waals surface area contributed by atoms with Crippen molar-refractivity contribution in [1.29, 1.82) is 0 Å². The molecule has 0 radical (unpaired) electrons. The number of nitrogens with zero attached hydrogens (tertiary/aromatic N) is 1. The van der Waals surface area contributed by atoms with Gasteiger partial charge >= 0.3 is 6.03 Å². The van der Waals surface area contributed by atoms with Gasteiger partial charge in [0, 0.05) is 11.3 Å². The molecule has 7 heteroatoms. The predicted molar refractivity (Wildman–Crippen MR) is 78.0 cm³/mol. The fourth-order valence-electron chi connectivity index (χ4n) is 1.72. The molecule has 0 unspecified atom stereocenters. The highest BCUT2D eigenvalue weighted by atomic mass is 19.1. The van der Waals surface area contributed by atoms with Crippen LogP contribution in [0.5, 0.6) is 0 Å². The van der Waals surface area contributed by atoms with Gasteiger partial charge in [0.05, 0.1) is 5.69 Å². The van der Waals surface area contributed by atoms with Crippen LogP contribution in [0.3, 0.4) is 0 Å². The van der Waals surface area contributed by atoms with Crippen LogP contribution in [0.4, 0.5) is 20.6 Å². The lowest BCUT2D eigenvalue weighted by molar-refractivity contribution is 0.262. The van der Waals surface area contributed by atoms with E-state index < -0.39 is 11.8 Å². The number of carbonyl (C=O) groups excluding carboxylic acids is 1. The van der Waals surface area contributed by atoms with Gasteiger partial charge in [0.1, 0.15) is 5.82 Å². The normalized spacial score (nSPS) is 11.0. The van der Waals surface area contributed by atoms with Crippen molar-refractivity contribution in [3.8, 4) is 0 Å². The van der Waals surface area contributed by atoms with E-state index in [-0.39, 0.29) is 5.84 Å². The van der Waals surface area contributed by atoms with E-state index in [1.54, 1.807) is 30.3 Å². The van der Waals surface area contributed by atoms with E-state index in [1.807, 2.05) is 0 Å². The minimum atomic E-state index is -0.571. The summed E-state index contributed by atoms with van der Waals surface area (Å²) in [5, 5.41) is 16.6. The van der Waals surface area contributed by atoms with E-state index in [0.29, 0.717) is 16.9 Å². The molecule has 2 aromatic carbocycles. The number of rotatable bonds is 3. The van der Waals surface area contributed by atoms with E-state index in [0.717, 1.165) is 0 Å². The third-order valence-electron chi connectivity index (χ3n) is 2.64. The lowest BCUT2D eigenvalue weighted by Crippen LogP contribution is -2.22. The van der Waals surface area contributed by atoms with Crippen LogP contribution in [0, 0.1) is 5.82 Å². The molecule has 6 nitrogen and oxygen atoms in total. The standard InChI is InChI=1S/C14H13FN4O2/c15-9-4-3-5-10(8-9)17-14(20)18-12-7-2-1-6-11(12)13(16)19-21/h1-8,21H,(H2,16,19)(H2,17,18,20). The van der Waals surface area contributed by atoms with Gasteiger partial charge in [0.15, 0.2) is 5.84 Å². The molecule has 2 aromatic rings. The summed E-state index contributed by atoms with van der Waals surface area (Å²) in [5.41, 5.74) is 6.57. The summed E-state index contributed by atoms with van der Waals surface area (Å²) >= 11 is 0. The molecule has 0 aliphatic heterocycles. The van der Waals surface area contributed by atoms with Gasteiger partial charge < -0.3 is 21.6 Å². The number of urea groups is 1. The maximum absolute atomic E-state index is 13.0. The molecule has 0 bridgehead atoms. The second-order valence-corrected chi connectivity index (χ2v) is 4.12. The predicted octanol–water partition coefficient (Wildman–Crippen LogP) is 2.56. The van der Waals surface area contributed by atoms with Crippen molar-refractivity contribution in [3.05, 3.63) is 59.9 Å². The second-order valence-electron chi connectivity index (χ2n) is 4.12. The van der Waals surface area contributed by atoms with Crippen molar-refractivity contribution in [2.45, 2.75) is 0 Å². The number of amides is 2. The van der Waals surface area contributed by atoms with Crippen molar-refractivity contribution in [2.75, 3.05) is 10.6 Å². The average molecular weight is 288 g/mol. The number of carbonyl (C=O) groups is 1. The van der Waals surface area contributed by atoms with E-state index in [9.17, 15) is 9.18 Å². The van der Waals surface area contributed by atoms with Crippen molar-refractivity contribution >= 4 is 23.2 Å². The number of nitrogens with one attached hydrogen (secondary N) is 2. The first-order valence-electron chi connectivity index (χ1n) is 6.00. The van der Waals surface area contributed by atoms with Crippen molar-refractivity contribution in [3.63, 3.8) is 0 Å². The maximum Gasteiger partial charge on any atom is 0.323 e. The van der Waals surface area contributed by atoms with Crippen LogP contribution in [0.1, 0.15) is 5.56 Å². The number of amidine groups is 1. The quantitative estimate of drug-likeness (QED) is 0.302. The van der Waals surface area contributed by atoms with Crippen LogP contribution in [-0.4, -0.2) is 17.1 Å². The lowest BCUT2D eigenvalue weighted by Gasteiger charge is -2.11. The highest BCUT2D eigenvalue weighted by Gasteiger charge is 2.09. The highest BCUT2D eigenvalue weighted by molar-refractivity contribution is 6.07. The fraction of sp³-hybridized carbons (Fsp3) is 0. The fourth-order valence-corrected chi connectivity index (χ4v) is 1.72. The smallest absolute Gasteiger partial charge is 0.323 e. The molecular weight excluding hydrogens is 275 g/mol. The van der Waals surface area contributed by atoms with Gasteiger partial charge in [-0.05, 0) is 30.3 Å². The molecule has 108 valence electrons. The minimum absolute atomic E-state index is 0.128. The van der Waals surface area contributed by atoms with Crippen molar-refractivity contribution < 1.29 is 14.4 Å². The summed E-state index contributed by atoms with van der Waals surface area (Å²) in [7, 11) is 0. The zero-order valence-electron chi connectivity index (χ0n) is 10.9. The molecule has 0 saturated carbocycles. The Labute approximate surface area is 120 Å². The second kappa shape index (κ2) is 6.38. The molecule has 0 aromatic heterocycles. The first-order valence-corrected chi connectivity index (χ1v) is 6.00. The Morgan fingerprint density at radius 3 is 2.62 bits per heavy atom. The number of nitrogens with two attached hydrogens (primary N) is 1. The summed E-state index contributed by atoms with van der Waals surface area (Å²) in [6.45, 7) is 0. The Morgan fingerprint density at radius 2 is 1.90 bits per heavy atom. The lowest BCUT2D eigenvalue weighted by atomic mass is 10.1. The SMILES string of the molecule is N/C(=N/O)c1ccccc1NC(=O)Nc1cccc(F)c1. The number of halogens is 1. The van der Waals surface area contributed by atoms with Gasteiger partial charge in [0.2, 0.25) is 0 Å². The zero-order valence-corrected chi connectivity index (χ0v) is 10.9. The van der Waals surface area contributed by atoms with Gasteiger partial charge in [-0.1, -0.05) is 23.4 Å². The van der Waals surface area contributed by atoms with Crippen molar-refractivity contribution in [1.82, 2.24) is 0 Å². The van der Waals surface area contributed by atoms with Gasteiger partial charge in [-0.25, -0.2) is 9.18 Å². The zero-order chi connectivity index (χ0) is 15.2. The molecule has 5 N–H and O–H groups in total. The number of benzene rings is 2. The molecule has 21 heavy (non-hydrogen) atoms. The summed E-state index contributed by atoms with van der Waals surface area (Å²) in [6.07, 6.45) is 0. The van der Waals surface area contributed by atoms with Gasteiger partial charge in [-0.15, -0.1) is 0 Å². The summed E-state index contributed by atoms with van der Waals surface area (Å²) < 4.78 is 13.0. The highest BCUT2D eigenvalue weighted by Crippen LogP contribution is 2.16. The molecule has 0 heterocycles. The molecular formula is C14H13FN4O2. The van der Waals surface area contributed by atoms with E-state index >= 15 is 0 Å². The Morgan fingerprint density at radius 1 is 1.14 bits per heavy atom. The van der Waals surface area contributed by atoms with Gasteiger partial charge in [-0.2, -0.15) is 0 Å². The number of oxime groups is 1. The van der Waals surface area contributed by atoms with E-state index in [2.05, 4.69) is 15.8 Å². The van der Waals surface area contributed by atoms with Gasteiger partial charge in [0.25, 0.3) is 0 Å². The molecule has 0 saturated heterocycles. The van der Waals surface area contributed by atoms with Crippen LogP contribution in [0.2, 0.25) is 0 Å². The molecule has 2 rings (SSSR count). The first-order chi connectivity index (χ1) is 10.1. The minimum Gasteiger partial charge on any atom is -0.409 e. The Kier molecular flexibility index (Phi) is 4.35. The van der Waals surface area contributed by atoms with E-state index in [1.165, 1.54) is 18.2 Å². The third kappa shape index (κ3) is 3.69. The Hall–Kier alpha value is -3.09. The van der Waals surface area contributed by atoms with Crippen LogP contribution in [-0.2, 0) is 0 Å². The van der Waals surface area contributed by atoms with Crippen LogP contribution in [0.25, 0.3) is 0 Å². The molecule has 0 atom stereocenters. The molecule has 0 fully saturated rings. The summed E-state index contributed by atoms with van der Waals surface area (Å²) in [6, 6.07) is 11.5. The Bertz CT molecular complexity index is 688. The van der Waals surface area contributed by atoms with Crippen LogP contribution < -0.4 is 16.4 Å². The number of anilines is 2. The number of hydrogen-bond donors (Lipinski definition) is 4. The molecule has 2 amide bonds. The van der Waals surface area contributed by atoms with Gasteiger partial charge in [-0.3, -0.25) is 0 Å². The third-order valence-corrected chi connectivity index (χ3v) is 2.64. The van der Waals surface area contributed by atoms with Crippen LogP contribution in [0.15, 0.2) is 53.7 Å². The molecule has 0 aliphatic carbocycles. The van der Waals surface area contributed by atoms with E-state index in [4.69, 9.17) is 10.9 Å². The topological polar surface area (TPSA) is 99.7 Å². The van der Waals surface area contributed by atoms with Crippen molar-refractivity contribution in [2.24, 2.45) is 10.9 Å². The summed E-state index contributed by atoms with van der Waals surface area (Å²) in [4.78, 5) is 11.9. The Balaban J connectivity index is 2.13. The van der Waals surface area contributed by atoms with Crippen LogP contribution >= 0.6 is 0 Å². The average Bonchev–Trinajstić information content (AvgIpc) is 2.47. The number of hydrogen-bond acceptors (Lipinski definition) is 3. The maximum atomic E-state index is 13.0. The number of para-hydroxylation sites is 1. The largest absolute Gasteiger partial charge is 0.409 e. The first kappa shape index (κ1) is 14.3. The molecule has 0 spiro atoms. The monoisotopic (exact) mass is 288 g/mol.